The Balaban J connectivity index is 1.54. The summed E-state index contributed by atoms with van der Waals surface area (Å²) in [5, 5.41) is 5.04. The molecule has 6 aromatic carbocycles. The molecule has 0 saturated carbocycles. The van der Waals surface area contributed by atoms with E-state index in [1.54, 1.807) is 0 Å². The first kappa shape index (κ1) is 21.2. The van der Waals surface area contributed by atoms with Crippen molar-refractivity contribution in [2.45, 2.75) is 0 Å². The molecule has 0 N–H and O–H groups in total. The van der Waals surface area contributed by atoms with Gasteiger partial charge in [-0.1, -0.05) is 119 Å². The van der Waals surface area contributed by atoms with Gasteiger partial charge >= 0.3 is 0 Å². The molecule has 0 radical (unpaired) electrons. The van der Waals surface area contributed by atoms with Crippen molar-refractivity contribution in [1.29, 1.82) is 0 Å². The van der Waals surface area contributed by atoms with Crippen molar-refractivity contribution in [3.8, 4) is 27.9 Å². The molecule has 0 fully saturated rings. The summed E-state index contributed by atoms with van der Waals surface area (Å²) in [7, 11) is 0. The van der Waals surface area contributed by atoms with Gasteiger partial charge < -0.3 is 4.57 Å². The maximum absolute atomic E-state index is 3.64. The number of para-hydroxylation sites is 1. The van der Waals surface area contributed by atoms with Gasteiger partial charge in [-0.2, -0.15) is 0 Å². The highest BCUT2D eigenvalue weighted by molar-refractivity contribution is 9.10. The average Bonchev–Trinajstić information content (AvgIpc) is 3.26. The van der Waals surface area contributed by atoms with Crippen molar-refractivity contribution in [1.82, 2.24) is 4.57 Å². The number of benzene rings is 6. The van der Waals surface area contributed by atoms with Crippen LogP contribution in [0.5, 0.6) is 0 Å². The highest BCUT2D eigenvalue weighted by Gasteiger charge is 2.16. The summed E-state index contributed by atoms with van der Waals surface area (Å²) >= 11 is 3.64. The van der Waals surface area contributed by atoms with E-state index in [9.17, 15) is 0 Å². The Morgan fingerprint density at radius 1 is 0.444 bits per heavy atom. The molecule has 7 rings (SSSR count). The van der Waals surface area contributed by atoms with Crippen molar-refractivity contribution in [3.05, 3.63) is 138 Å². The molecule has 0 saturated heterocycles. The molecule has 7 aromatic rings. The summed E-state index contributed by atoms with van der Waals surface area (Å²) in [6.07, 6.45) is 0. The fourth-order valence-electron chi connectivity index (χ4n) is 5.44. The van der Waals surface area contributed by atoms with E-state index >= 15 is 0 Å². The second-order valence-corrected chi connectivity index (χ2v) is 10.1. The number of hydrogen-bond acceptors (Lipinski definition) is 0. The molecule has 1 nitrogen and oxygen atoms in total. The lowest BCUT2D eigenvalue weighted by atomic mass is 9.94. The second kappa shape index (κ2) is 8.51. The number of nitrogens with zero attached hydrogens (tertiary/aromatic N) is 1. The normalized spacial score (nSPS) is 11.5. The first-order valence-corrected chi connectivity index (χ1v) is 12.9. The van der Waals surface area contributed by atoms with Gasteiger partial charge in [0.1, 0.15) is 0 Å². The first-order chi connectivity index (χ1) is 17.8. The van der Waals surface area contributed by atoms with Crippen molar-refractivity contribution < 1.29 is 0 Å². The molecule has 0 aliphatic heterocycles. The summed E-state index contributed by atoms with van der Waals surface area (Å²) < 4.78 is 3.51. The van der Waals surface area contributed by atoms with E-state index in [2.05, 4.69) is 154 Å². The lowest BCUT2D eigenvalue weighted by Crippen LogP contribution is -1.95. The van der Waals surface area contributed by atoms with E-state index in [4.69, 9.17) is 0 Å². The number of rotatable bonds is 3. The molecule has 0 aliphatic rings. The van der Waals surface area contributed by atoms with Crippen molar-refractivity contribution in [2.24, 2.45) is 0 Å². The third-order valence-electron chi connectivity index (χ3n) is 7.05. The summed E-state index contributed by atoms with van der Waals surface area (Å²) in [4.78, 5) is 0. The van der Waals surface area contributed by atoms with Crippen molar-refractivity contribution in [3.63, 3.8) is 0 Å². The van der Waals surface area contributed by atoms with E-state index in [-0.39, 0.29) is 0 Å². The molecule has 170 valence electrons. The SMILES string of the molecule is Brc1cccc(-c2ccccc2-c2ccc3c4ccccc4n(-c4cccc5ccccc45)c3c2)c1. The zero-order valence-corrected chi connectivity index (χ0v) is 21.1. The van der Waals surface area contributed by atoms with Gasteiger partial charge in [-0.15, -0.1) is 0 Å². The third kappa shape index (κ3) is 3.37. The Bertz CT molecular complexity index is 1910. The molecule has 0 atom stereocenters. The van der Waals surface area contributed by atoms with Crippen LogP contribution >= 0.6 is 15.9 Å². The lowest BCUT2D eigenvalue weighted by molar-refractivity contribution is 1.20. The van der Waals surface area contributed by atoms with Gasteiger partial charge in [0.2, 0.25) is 0 Å². The average molecular weight is 524 g/mol. The molecule has 1 heterocycles. The van der Waals surface area contributed by atoms with Crippen LogP contribution in [0.2, 0.25) is 0 Å². The molecule has 36 heavy (non-hydrogen) atoms. The predicted octanol–water partition coefficient (Wildman–Crippen LogP) is 10.0. The van der Waals surface area contributed by atoms with Crippen LogP contribution in [-0.4, -0.2) is 4.57 Å². The first-order valence-electron chi connectivity index (χ1n) is 12.1. The van der Waals surface area contributed by atoms with Gasteiger partial charge in [-0.05, 0) is 58.0 Å². The van der Waals surface area contributed by atoms with Crippen molar-refractivity contribution >= 4 is 48.5 Å². The number of hydrogen-bond donors (Lipinski definition) is 0. The maximum Gasteiger partial charge on any atom is 0.0547 e. The highest BCUT2D eigenvalue weighted by atomic mass is 79.9. The molecule has 0 bridgehead atoms. The maximum atomic E-state index is 3.64. The fourth-order valence-corrected chi connectivity index (χ4v) is 5.84. The second-order valence-electron chi connectivity index (χ2n) is 9.14. The van der Waals surface area contributed by atoms with Crippen LogP contribution in [-0.2, 0) is 0 Å². The van der Waals surface area contributed by atoms with Crippen molar-refractivity contribution in [2.75, 3.05) is 0 Å². The van der Waals surface area contributed by atoms with Crippen LogP contribution in [0.3, 0.4) is 0 Å². The van der Waals surface area contributed by atoms with Gasteiger partial charge in [-0.3, -0.25) is 0 Å². The highest BCUT2D eigenvalue weighted by Crippen LogP contribution is 2.39. The monoisotopic (exact) mass is 523 g/mol. The summed E-state index contributed by atoms with van der Waals surface area (Å²) in [6.45, 7) is 0. The summed E-state index contributed by atoms with van der Waals surface area (Å²) in [5.41, 5.74) is 8.52. The van der Waals surface area contributed by atoms with E-state index in [1.165, 1.54) is 60.5 Å². The lowest BCUT2D eigenvalue weighted by Gasteiger charge is -2.14. The van der Waals surface area contributed by atoms with E-state index < -0.39 is 0 Å². The van der Waals surface area contributed by atoms with E-state index in [1.807, 2.05) is 0 Å². The van der Waals surface area contributed by atoms with Gasteiger partial charge in [0.05, 0.1) is 16.7 Å². The Morgan fingerprint density at radius 3 is 1.92 bits per heavy atom. The van der Waals surface area contributed by atoms with Gasteiger partial charge in [0.15, 0.2) is 0 Å². The van der Waals surface area contributed by atoms with E-state index in [0.29, 0.717) is 0 Å². The Morgan fingerprint density at radius 2 is 1.08 bits per heavy atom. The van der Waals surface area contributed by atoms with Gasteiger partial charge in [0, 0.05) is 20.6 Å². The van der Waals surface area contributed by atoms with Crippen LogP contribution in [0.1, 0.15) is 0 Å². The molecular weight excluding hydrogens is 502 g/mol. The minimum atomic E-state index is 1.08. The van der Waals surface area contributed by atoms with Crippen LogP contribution in [0.25, 0.3) is 60.5 Å². The summed E-state index contributed by atoms with van der Waals surface area (Å²) in [6, 6.07) is 48.0. The third-order valence-corrected chi connectivity index (χ3v) is 7.55. The minimum Gasteiger partial charge on any atom is -0.309 e. The number of aromatic nitrogens is 1. The molecule has 1 aromatic heterocycles. The van der Waals surface area contributed by atoms with Crippen LogP contribution < -0.4 is 0 Å². The molecule has 0 spiro atoms. The van der Waals surface area contributed by atoms with Gasteiger partial charge in [-0.25, -0.2) is 0 Å². The predicted molar refractivity (Wildman–Crippen MR) is 157 cm³/mol. The molecule has 0 amide bonds. The zero-order chi connectivity index (χ0) is 24.1. The zero-order valence-electron chi connectivity index (χ0n) is 19.5. The Kier molecular flexibility index (Phi) is 5.00. The quantitative estimate of drug-likeness (QED) is 0.217. The summed E-state index contributed by atoms with van der Waals surface area (Å²) in [5.74, 6) is 0. The molecule has 0 unspecified atom stereocenters. The standard InChI is InChI=1S/C34H22BrN/c35-26-12-7-11-24(21-26)27-13-3-4-14-28(27)25-19-20-31-30-16-5-6-17-33(30)36(34(31)22-25)32-18-8-10-23-9-1-2-15-29(23)32/h1-22H. The molecule has 2 heteroatoms. The van der Waals surface area contributed by atoms with Crippen LogP contribution in [0.4, 0.5) is 0 Å². The number of halogens is 1. The smallest absolute Gasteiger partial charge is 0.0547 e. The fraction of sp³-hybridized carbons (Fsp3) is 0. The van der Waals surface area contributed by atoms with Gasteiger partial charge in [0.25, 0.3) is 0 Å². The van der Waals surface area contributed by atoms with Crippen LogP contribution in [0, 0.1) is 0 Å². The molecular formula is C34H22BrN. The number of fused-ring (bicyclic) bond motifs is 4. The largest absolute Gasteiger partial charge is 0.309 e. The molecule has 0 aliphatic carbocycles. The van der Waals surface area contributed by atoms with Crippen LogP contribution in [0.15, 0.2) is 138 Å². The van der Waals surface area contributed by atoms with E-state index in [0.717, 1.165) is 4.47 Å². The topological polar surface area (TPSA) is 4.93 Å². The Hall–Kier alpha value is -4.14. The Labute approximate surface area is 218 Å². The minimum absolute atomic E-state index is 1.08.